The van der Waals surface area contributed by atoms with Crippen molar-refractivity contribution in [3.63, 3.8) is 0 Å². The lowest BCUT2D eigenvalue weighted by atomic mass is 10.1. The van der Waals surface area contributed by atoms with Gasteiger partial charge in [-0.1, -0.05) is 30.3 Å². The van der Waals surface area contributed by atoms with E-state index in [2.05, 4.69) is 4.98 Å². The fourth-order valence-corrected chi connectivity index (χ4v) is 1.92. The van der Waals surface area contributed by atoms with Crippen molar-refractivity contribution in [1.29, 1.82) is 0 Å². The van der Waals surface area contributed by atoms with Crippen LogP contribution in [0.1, 0.15) is 29.0 Å². The third-order valence-corrected chi connectivity index (χ3v) is 3.14. The summed E-state index contributed by atoms with van der Waals surface area (Å²) in [5, 5.41) is 1.19. The van der Waals surface area contributed by atoms with Crippen molar-refractivity contribution in [2.75, 3.05) is 14.2 Å². The molecule has 2 rings (SSSR count). The molecular formula is C14H17N3O2. The monoisotopic (exact) mass is 259 g/mol. The molecule has 2 aromatic rings. The minimum Gasteiger partial charge on any atom is -0.319 e. The first-order valence-corrected chi connectivity index (χ1v) is 6.04. The topological polar surface area (TPSA) is 47.4 Å². The lowest BCUT2D eigenvalue weighted by Crippen LogP contribution is -2.28. The number of nitrogens with zero attached hydrogens (tertiary/aromatic N) is 3. The quantitative estimate of drug-likeness (QED) is 0.790. The van der Waals surface area contributed by atoms with Crippen molar-refractivity contribution in [1.82, 2.24) is 14.6 Å². The van der Waals surface area contributed by atoms with Gasteiger partial charge in [-0.15, -0.1) is 0 Å². The molecule has 0 fully saturated rings. The summed E-state index contributed by atoms with van der Waals surface area (Å²) < 4.78 is 1.84. The highest BCUT2D eigenvalue weighted by atomic mass is 16.7. The van der Waals surface area contributed by atoms with Crippen LogP contribution in [0.4, 0.5) is 0 Å². The number of aromatic nitrogens is 2. The molecule has 0 aliphatic rings. The molecule has 1 amide bonds. The Morgan fingerprint density at radius 3 is 2.68 bits per heavy atom. The molecule has 0 saturated heterocycles. The number of hydrogen-bond acceptors (Lipinski definition) is 3. The molecule has 1 heterocycles. The summed E-state index contributed by atoms with van der Waals surface area (Å²) in [4.78, 5) is 21.1. The van der Waals surface area contributed by atoms with Crippen LogP contribution in [-0.2, 0) is 4.84 Å². The highest BCUT2D eigenvalue weighted by molar-refractivity contribution is 5.91. The van der Waals surface area contributed by atoms with E-state index in [1.54, 1.807) is 19.6 Å². The van der Waals surface area contributed by atoms with Crippen LogP contribution in [0.3, 0.4) is 0 Å². The summed E-state index contributed by atoms with van der Waals surface area (Å²) in [5.41, 5.74) is 1.62. The van der Waals surface area contributed by atoms with Gasteiger partial charge < -0.3 is 4.57 Å². The fourth-order valence-electron chi connectivity index (χ4n) is 1.92. The molecule has 100 valence electrons. The van der Waals surface area contributed by atoms with Crippen LogP contribution in [0.15, 0.2) is 42.9 Å². The average Bonchev–Trinajstić information content (AvgIpc) is 2.95. The summed E-state index contributed by atoms with van der Waals surface area (Å²) in [6.07, 6.45) is 3.21. The van der Waals surface area contributed by atoms with Crippen LogP contribution >= 0.6 is 0 Å². The SMILES string of the molecule is CON(C)C(=O)c1cncn1[C@H](C)c1ccccc1. The second-order valence-corrected chi connectivity index (χ2v) is 4.26. The van der Waals surface area contributed by atoms with Gasteiger partial charge in [-0.05, 0) is 12.5 Å². The largest absolute Gasteiger partial charge is 0.319 e. The van der Waals surface area contributed by atoms with Crippen LogP contribution in [0.25, 0.3) is 0 Å². The van der Waals surface area contributed by atoms with E-state index in [0.29, 0.717) is 5.69 Å². The molecule has 19 heavy (non-hydrogen) atoms. The molecule has 0 N–H and O–H groups in total. The second kappa shape index (κ2) is 5.67. The zero-order valence-electron chi connectivity index (χ0n) is 11.3. The Bertz CT molecular complexity index is 551. The normalized spacial score (nSPS) is 12.2. The molecule has 1 atom stereocenters. The molecule has 5 nitrogen and oxygen atoms in total. The van der Waals surface area contributed by atoms with Crippen molar-refractivity contribution >= 4 is 5.91 Å². The molecule has 1 aromatic carbocycles. The number of amides is 1. The van der Waals surface area contributed by atoms with E-state index < -0.39 is 0 Å². The predicted molar refractivity (Wildman–Crippen MR) is 71.6 cm³/mol. The van der Waals surface area contributed by atoms with Crippen molar-refractivity contribution in [3.8, 4) is 0 Å². The molecule has 0 bridgehead atoms. The van der Waals surface area contributed by atoms with Crippen molar-refractivity contribution in [2.24, 2.45) is 0 Å². The van der Waals surface area contributed by atoms with Crippen LogP contribution in [0.2, 0.25) is 0 Å². The second-order valence-electron chi connectivity index (χ2n) is 4.26. The van der Waals surface area contributed by atoms with Gasteiger partial charge in [0.1, 0.15) is 5.69 Å². The number of carbonyl (C=O) groups is 1. The molecule has 0 saturated carbocycles. The Kier molecular flexibility index (Phi) is 3.97. The standard InChI is InChI=1S/C14H17N3O2/c1-11(12-7-5-4-6-8-12)17-10-15-9-13(17)14(18)16(2)19-3/h4-11H,1-3H3/t11-/m1/s1. The highest BCUT2D eigenvalue weighted by Crippen LogP contribution is 2.19. The molecule has 0 radical (unpaired) electrons. The maximum absolute atomic E-state index is 12.1. The molecular weight excluding hydrogens is 242 g/mol. The number of carbonyl (C=O) groups excluding carboxylic acids is 1. The summed E-state index contributed by atoms with van der Waals surface area (Å²) in [6, 6.07) is 10.0. The van der Waals surface area contributed by atoms with Gasteiger partial charge in [0.25, 0.3) is 5.91 Å². The van der Waals surface area contributed by atoms with E-state index in [9.17, 15) is 4.79 Å². The number of hydrogen-bond donors (Lipinski definition) is 0. The molecule has 0 unspecified atom stereocenters. The molecule has 5 heteroatoms. The van der Waals surface area contributed by atoms with Crippen LogP contribution < -0.4 is 0 Å². The Hall–Kier alpha value is -2.14. The van der Waals surface area contributed by atoms with E-state index in [1.807, 2.05) is 41.8 Å². The first-order chi connectivity index (χ1) is 9.15. The number of hydroxylamine groups is 2. The molecule has 0 spiro atoms. The van der Waals surface area contributed by atoms with Gasteiger partial charge in [-0.25, -0.2) is 10.0 Å². The Balaban J connectivity index is 2.32. The van der Waals surface area contributed by atoms with Gasteiger partial charge in [-0.2, -0.15) is 0 Å². The number of imidazole rings is 1. The third-order valence-electron chi connectivity index (χ3n) is 3.14. The minimum atomic E-state index is -0.220. The van der Waals surface area contributed by atoms with E-state index >= 15 is 0 Å². The Labute approximate surface area is 112 Å². The lowest BCUT2D eigenvalue weighted by Gasteiger charge is -2.19. The smallest absolute Gasteiger partial charge is 0.295 e. The van der Waals surface area contributed by atoms with Gasteiger partial charge in [0, 0.05) is 7.05 Å². The van der Waals surface area contributed by atoms with Crippen LogP contribution in [0.5, 0.6) is 0 Å². The Morgan fingerprint density at radius 2 is 2.05 bits per heavy atom. The van der Waals surface area contributed by atoms with E-state index in [4.69, 9.17) is 4.84 Å². The Morgan fingerprint density at radius 1 is 1.37 bits per heavy atom. The van der Waals surface area contributed by atoms with E-state index in [0.717, 1.165) is 5.56 Å². The predicted octanol–water partition coefficient (Wildman–Crippen LogP) is 2.13. The minimum absolute atomic E-state index is 0.0351. The zero-order valence-corrected chi connectivity index (χ0v) is 11.3. The summed E-state index contributed by atoms with van der Waals surface area (Å²) in [6.45, 7) is 2.03. The van der Waals surface area contributed by atoms with E-state index in [1.165, 1.54) is 12.2 Å². The van der Waals surface area contributed by atoms with Gasteiger partial charge in [0.05, 0.1) is 25.7 Å². The lowest BCUT2D eigenvalue weighted by molar-refractivity contribution is -0.0763. The van der Waals surface area contributed by atoms with Gasteiger partial charge in [-0.3, -0.25) is 9.63 Å². The fraction of sp³-hybridized carbons (Fsp3) is 0.286. The molecule has 0 aliphatic heterocycles. The summed E-state index contributed by atoms with van der Waals surface area (Å²) in [5.74, 6) is -0.220. The average molecular weight is 259 g/mol. The van der Waals surface area contributed by atoms with Crippen molar-refractivity contribution in [2.45, 2.75) is 13.0 Å². The molecule has 1 aromatic heterocycles. The maximum atomic E-state index is 12.1. The first kappa shape index (κ1) is 13.3. The van der Waals surface area contributed by atoms with Crippen LogP contribution in [0, 0.1) is 0 Å². The van der Waals surface area contributed by atoms with Crippen molar-refractivity contribution < 1.29 is 9.63 Å². The third kappa shape index (κ3) is 2.66. The number of rotatable bonds is 4. The maximum Gasteiger partial charge on any atom is 0.295 e. The van der Waals surface area contributed by atoms with Gasteiger partial charge in [0.15, 0.2) is 0 Å². The number of benzene rings is 1. The molecule has 0 aliphatic carbocycles. The van der Waals surface area contributed by atoms with Gasteiger partial charge in [0.2, 0.25) is 0 Å². The first-order valence-electron chi connectivity index (χ1n) is 6.04. The van der Waals surface area contributed by atoms with Gasteiger partial charge >= 0.3 is 0 Å². The van der Waals surface area contributed by atoms with E-state index in [-0.39, 0.29) is 11.9 Å². The summed E-state index contributed by atoms with van der Waals surface area (Å²) in [7, 11) is 3.03. The van der Waals surface area contributed by atoms with Crippen LogP contribution in [-0.4, -0.2) is 34.7 Å². The highest BCUT2D eigenvalue weighted by Gasteiger charge is 2.19. The van der Waals surface area contributed by atoms with Crippen molar-refractivity contribution in [3.05, 3.63) is 54.1 Å². The zero-order chi connectivity index (χ0) is 13.8. The summed E-state index contributed by atoms with van der Waals surface area (Å²) >= 11 is 0.